The van der Waals surface area contributed by atoms with Gasteiger partial charge in [-0.15, -0.1) is 30.3 Å². The number of halogens is 1. The van der Waals surface area contributed by atoms with Gasteiger partial charge < -0.3 is 14.8 Å². The summed E-state index contributed by atoms with van der Waals surface area (Å²) in [5.74, 6) is 1.61. The third kappa shape index (κ3) is 5.57. The van der Waals surface area contributed by atoms with Crippen LogP contribution in [0.2, 0.25) is 0 Å². The van der Waals surface area contributed by atoms with E-state index in [0.29, 0.717) is 6.61 Å². The number of hydrogen-bond acceptors (Lipinski definition) is 4. The minimum absolute atomic E-state index is 0. The number of nitrogens with one attached hydrogen (secondary N) is 1. The van der Waals surface area contributed by atoms with Crippen LogP contribution in [0.4, 0.5) is 0 Å². The molecular weight excluding hydrogens is 330 g/mol. The Morgan fingerprint density at radius 3 is 2.74 bits per heavy atom. The molecule has 23 heavy (non-hydrogen) atoms. The van der Waals surface area contributed by atoms with Gasteiger partial charge in [0.05, 0.1) is 13.7 Å². The second-order valence-corrected chi connectivity index (χ2v) is 5.93. The predicted octanol–water partition coefficient (Wildman–Crippen LogP) is 4.60. The fourth-order valence-electron chi connectivity index (χ4n) is 2.34. The van der Waals surface area contributed by atoms with Crippen LogP contribution in [0.1, 0.15) is 22.9 Å². The normalized spacial score (nSPS) is 10.0. The molecule has 0 amide bonds. The van der Waals surface area contributed by atoms with Gasteiger partial charge >= 0.3 is 0 Å². The number of methoxy groups -OCH3 is 1. The number of allylic oxidation sites excluding steroid dienone is 1. The Hall–Kier alpha value is -1.49. The van der Waals surface area contributed by atoms with Gasteiger partial charge in [0, 0.05) is 23.5 Å². The summed E-state index contributed by atoms with van der Waals surface area (Å²) in [5.41, 5.74) is 2.30. The first-order valence-electron chi connectivity index (χ1n) is 7.45. The Balaban J connectivity index is 0.00000264. The van der Waals surface area contributed by atoms with Gasteiger partial charge in [0.15, 0.2) is 11.5 Å². The minimum Gasteiger partial charge on any atom is -0.493 e. The fraction of sp³-hybridized carbons (Fsp3) is 0.333. The standard InChI is InChI=1S/C18H23NO2S.ClH/c1-4-7-15-10-14(11-17(20-3)18(15)21-5-2)12-19-13-16-8-6-9-22-16;/h4,6,8-11,19H,1,5,7,12-13H2,2-3H3;1H. The third-order valence-electron chi connectivity index (χ3n) is 3.27. The molecule has 1 heterocycles. The fourth-order valence-corrected chi connectivity index (χ4v) is 3.01. The van der Waals surface area contributed by atoms with E-state index in [-0.39, 0.29) is 12.4 Å². The van der Waals surface area contributed by atoms with E-state index in [1.54, 1.807) is 18.4 Å². The highest BCUT2D eigenvalue weighted by atomic mass is 35.5. The highest BCUT2D eigenvalue weighted by Crippen LogP contribution is 2.33. The summed E-state index contributed by atoms with van der Waals surface area (Å²) in [7, 11) is 1.68. The monoisotopic (exact) mass is 353 g/mol. The number of ether oxygens (including phenoxy) is 2. The second kappa shape index (κ2) is 10.3. The van der Waals surface area contributed by atoms with E-state index in [9.17, 15) is 0 Å². The Bertz CT molecular complexity index is 599. The molecule has 1 N–H and O–H groups in total. The van der Waals surface area contributed by atoms with Gasteiger partial charge in [0.1, 0.15) is 0 Å². The first kappa shape index (κ1) is 19.6. The van der Waals surface area contributed by atoms with Crippen molar-refractivity contribution in [1.82, 2.24) is 5.32 Å². The summed E-state index contributed by atoms with van der Waals surface area (Å²) >= 11 is 1.77. The summed E-state index contributed by atoms with van der Waals surface area (Å²) in [4.78, 5) is 1.34. The molecule has 126 valence electrons. The van der Waals surface area contributed by atoms with Crippen molar-refractivity contribution < 1.29 is 9.47 Å². The summed E-state index contributed by atoms with van der Waals surface area (Å²) in [6.45, 7) is 8.10. The van der Waals surface area contributed by atoms with Crippen LogP contribution in [-0.2, 0) is 19.5 Å². The molecule has 1 aromatic carbocycles. The maximum Gasteiger partial charge on any atom is 0.164 e. The van der Waals surface area contributed by atoms with Crippen molar-refractivity contribution in [1.29, 1.82) is 0 Å². The SMILES string of the molecule is C=CCc1cc(CNCc2cccs2)cc(OC)c1OCC.Cl. The molecule has 1 aromatic heterocycles. The van der Waals surface area contributed by atoms with Gasteiger partial charge in [-0.05, 0) is 36.4 Å². The van der Waals surface area contributed by atoms with Crippen LogP contribution < -0.4 is 14.8 Å². The molecule has 0 aliphatic carbocycles. The Kier molecular flexibility index (Phi) is 8.77. The lowest BCUT2D eigenvalue weighted by Gasteiger charge is -2.16. The van der Waals surface area contributed by atoms with Crippen molar-refractivity contribution in [2.75, 3.05) is 13.7 Å². The molecule has 0 fully saturated rings. The van der Waals surface area contributed by atoms with E-state index in [4.69, 9.17) is 9.47 Å². The smallest absolute Gasteiger partial charge is 0.164 e. The van der Waals surface area contributed by atoms with E-state index in [2.05, 4.69) is 35.5 Å². The Labute approximate surface area is 148 Å². The maximum absolute atomic E-state index is 5.74. The van der Waals surface area contributed by atoms with E-state index in [1.165, 1.54) is 10.4 Å². The van der Waals surface area contributed by atoms with Gasteiger partial charge in [-0.2, -0.15) is 0 Å². The molecular formula is C18H24ClNO2S. The third-order valence-corrected chi connectivity index (χ3v) is 4.15. The lowest BCUT2D eigenvalue weighted by Crippen LogP contribution is -2.12. The molecule has 0 bridgehead atoms. The summed E-state index contributed by atoms with van der Waals surface area (Å²) < 4.78 is 11.2. The maximum atomic E-state index is 5.74. The van der Waals surface area contributed by atoms with Crippen LogP contribution >= 0.6 is 23.7 Å². The van der Waals surface area contributed by atoms with Gasteiger partial charge in [-0.3, -0.25) is 0 Å². The first-order valence-corrected chi connectivity index (χ1v) is 8.33. The van der Waals surface area contributed by atoms with E-state index in [0.717, 1.165) is 36.6 Å². The highest BCUT2D eigenvalue weighted by Gasteiger charge is 2.12. The van der Waals surface area contributed by atoms with Gasteiger partial charge in [-0.1, -0.05) is 18.2 Å². The summed E-state index contributed by atoms with van der Waals surface area (Å²) in [5, 5.41) is 5.56. The van der Waals surface area contributed by atoms with Crippen LogP contribution in [0.5, 0.6) is 11.5 Å². The predicted molar refractivity (Wildman–Crippen MR) is 100 cm³/mol. The molecule has 0 aliphatic heterocycles. The average Bonchev–Trinajstić information content (AvgIpc) is 3.03. The van der Waals surface area contributed by atoms with Gasteiger partial charge in [0.25, 0.3) is 0 Å². The first-order chi connectivity index (χ1) is 10.8. The van der Waals surface area contributed by atoms with Crippen molar-refractivity contribution in [3.05, 3.63) is 58.3 Å². The lowest BCUT2D eigenvalue weighted by atomic mass is 10.1. The van der Waals surface area contributed by atoms with Gasteiger partial charge in [0.2, 0.25) is 0 Å². The van der Waals surface area contributed by atoms with Crippen LogP contribution in [-0.4, -0.2) is 13.7 Å². The average molecular weight is 354 g/mol. The lowest BCUT2D eigenvalue weighted by molar-refractivity contribution is 0.308. The molecule has 0 saturated heterocycles. The topological polar surface area (TPSA) is 30.5 Å². The highest BCUT2D eigenvalue weighted by molar-refractivity contribution is 7.09. The van der Waals surface area contributed by atoms with Crippen molar-refractivity contribution in [2.45, 2.75) is 26.4 Å². The zero-order valence-corrected chi connectivity index (χ0v) is 15.3. The van der Waals surface area contributed by atoms with E-state index >= 15 is 0 Å². The Morgan fingerprint density at radius 2 is 2.13 bits per heavy atom. The quantitative estimate of drug-likeness (QED) is 0.668. The number of benzene rings is 1. The van der Waals surface area contributed by atoms with Crippen molar-refractivity contribution in [3.8, 4) is 11.5 Å². The number of rotatable bonds is 9. The minimum atomic E-state index is 0. The molecule has 5 heteroatoms. The molecule has 0 radical (unpaired) electrons. The molecule has 0 unspecified atom stereocenters. The Morgan fingerprint density at radius 1 is 1.30 bits per heavy atom. The van der Waals surface area contributed by atoms with Gasteiger partial charge in [-0.25, -0.2) is 0 Å². The summed E-state index contributed by atoms with van der Waals surface area (Å²) in [6, 6.07) is 8.42. The molecule has 0 atom stereocenters. The van der Waals surface area contributed by atoms with Crippen LogP contribution in [0.15, 0.2) is 42.3 Å². The second-order valence-electron chi connectivity index (χ2n) is 4.90. The van der Waals surface area contributed by atoms with E-state index in [1.807, 2.05) is 19.1 Å². The largest absolute Gasteiger partial charge is 0.493 e. The number of thiophene rings is 1. The zero-order chi connectivity index (χ0) is 15.8. The molecule has 0 aliphatic rings. The zero-order valence-electron chi connectivity index (χ0n) is 13.6. The molecule has 2 rings (SSSR count). The van der Waals surface area contributed by atoms with Crippen molar-refractivity contribution in [3.63, 3.8) is 0 Å². The van der Waals surface area contributed by atoms with E-state index < -0.39 is 0 Å². The molecule has 0 saturated carbocycles. The molecule has 0 spiro atoms. The van der Waals surface area contributed by atoms with Crippen LogP contribution in [0, 0.1) is 0 Å². The summed E-state index contributed by atoms with van der Waals surface area (Å²) in [6.07, 6.45) is 2.66. The van der Waals surface area contributed by atoms with Crippen molar-refractivity contribution >= 4 is 23.7 Å². The van der Waals surface area contributed by atoms with Crippen molar-refractivity contribution in [2.24, 2.45) is 0 Å². The van der Waals surface area contributed by atoms with Crippen LogP contribution in [0.3, 0.4) is 0 Å². The molecule has 3 nitrogen and oxygen atoms in total. The molecule has 2 aromatic rings. The number of hydrogen-bond donors (Lipinski definition) is 1. The van der Waals surface area contributed by atoms with Crippen LogP contribution in [0.25, 0.3) is 0 Å².